The van der Waals surface area contributed by atoms with Gasteiger partial charge in [0, 0.05) is 31.0 Å². The first-order chi connectivity index (χ1) is 10.6. The van der Waals surface area contributed by atoms with Gasteiger partial charge in [0.25, 0.3) is 5.91 Å². The summed E-state index contributed by atoms with van der Waals surface area (Å²) in [5.41, 5.74) is 4.39. The average molecular weight is 294 g/mol. The normalized spacial score (nSPS) is 15.8. The summed E-state index contributed by atoms with van der Waals surface area (Å²) in [5.74, 6) is 0.722. The van der Waals surface area contributed by atoms with Gasteiger partial charge in [-0.15, -0.1) is 0 Å². The van der Waals surface area contributed by atoms with Crippen LogP contribution in [0.5, 0.6) is 0 Å². The summed E-state index contributed by atoms with van der Waals surface area (Å²) < 4.78 is 0. The zero-order valence-corrected chi connectivity index (χ0v) is 13.2. The Balaban J connectivity index is 1.68. The van der Waals surface area contributed by atoms with Crippen molar-refractivity contribution in [1.29, 1.82) is 0 Å². The Kier molecular flexibility index (Phi) is 4.23. The SMILES string of the molecule is Cc1ccc(C)c(C(=O)N2CCC(c3ccncc3)CC2)c1. The van der Waals surface area contributed by atoms with Crippen molar-refractivity contribution in [3.8, 4) is 0 Å². The van der Waals surface area contributed by atoms with E-state index in [1.807, 2.05) is 43.3 Å². The summed E-state index contributed by atoms with van der Waals surface area (Å²) in [6.45, 7) is 5.71. The highest BCUT2D eigenvalue weighted by atomic mass is 16.2. The minimum atomic E-state index is 0.175. The van der Waals surface area contributed by atoms with Crippen molar-refractivity contribution in [1.82, 2.24) is 9.88 Å². The van der Waals surface area contributed by atoms with E-state index in [4.69, 9.17) is 0 Å². The van der Waals surface area contributed by atoms with Crippen LogP contribution in [-0.2, 0) is 0 Å². The molecule has 3 heteroatoms. The largest absolute Gasteiger partial charge is 0.339 e. The Morgan fingerprint density at radius 2 is 1.77 bits per heavy atom. The number of hydrogen-bond donors (Lipinski definition) is 0. The van der Waals surface area contributed by atoms with Crippen LogP contribution in [0.15, 0.2) is 42.7 Å². The molecule has 2 heterocycles. The van der Waals surface area contributed by atoms with Gasteiger partial charge in [0.15, 0.2) is 0 Å². The van der Waals surface area contributed by atoms with E-state index in [1.165, 1.54) is 5.56 Å². The second-order valence-electron chi connectivity index (χ2n) is 6.17. The maximum absolute atomic E-state index is 12.7. The first-order valence-corrected chi connectivity index (χ1v) is 7.91. The van der Waals surface area contributed by atoms with Gasteiger partial charge in [0.1, 0.15) is 0 Å². The highest BCUT2D eigenvalue weighted by Crippen LogP contribution is 2.28. The van der Waals surface area contributed by atoms with Crippen LogP contribution in [0.3, 0.4) is 0 Å². The number of carbonyl (C=O) groups is 1. The van der Waals surface area contributed by atoms with E-state index in [-0.39, 0.29) is 5.91 Å². The number of aryl methyl sites for hydroxylation is 2. The molecule has 1 amide bonds. The first kappa shape index (κ1) is 14.8. The first-order valence-electron chi connectivity index (χ1n) is 7.91. The minimum absolute atomic E-state index is 0.175. The lowest BCUT2D eigenvalue weighted by molar-refractivity contribution is 0.0712. The Morgan fingerprint density at radius 1 is 1.09 bits per heavy atom. The molecule has 0 saturated carbocycles. The topological polar surface area (TPSA) is 33.2 Å². The van der Waals surface area contributed by atoms with Crippen molar-refractivity contribution in [2.45, 2.75) is 32.6 Å². The number of nitrogens with zero attached hydrogens (tertiary/aromatic N) is 2. The molecule has 1 aromatic heterocycles. The summed E-state index contributed by atoms with van der Waals surface area (Å²) in [6.07, 6.45) is 5.76. The van der Waals surface area contributed by atoms with Crippen molar-refractivity contribution in [3.05, 3.63) is 65.0 Å². The lowest BCUT2D eigenvalue weighted by Crippen LogP contribution is -2.38. The average Bonchev–Trinajstić information content (AvgIpc) is 2.57. The second-order valence-corrected chi connectivity index (χ2v) is 6.17. The Bertz CT molecular complexity index is 658. The third kappa shape index (κ3) is 3.03. The lowest BCUT2D eigenvalue weighted by atomic mass is 9.89. The highest BCUT2D eigenvalue weighted by molar-refractivity contribution is 5.95. The van der Waals surface area contributed by atoms with Crippen molar-refractivity contribution in [3.63, 3.8) is 0 Å². The maximum atomic E-state index is 12.7. The van der Waals surface area contributed by atoms with Gasteiger partial charge in [-0.3, -0.25) is 9.78 Å². The lowest BCUT2D eigenvalue weighted by Gasteiger charge is -2.32. The van der Waals surface area contributed by atoms with Gasteiger partial charge in [0.2, 0.25) is 0 Å². The third-order valence-corrected chi connectivity index (χ3v) is 4.58. The van der Waals surface area contributed by atoms with Crippen LogP contribution in [0, 0.1) is 13.8 Å². The fraction of sp³-hybridized carbons (Fsp3) is 0.368. The van der Waals surface area contributed by atoms with Gasteiger partial charge in [-0.05, 0) is 61.9 Å². The van der Waals surface area contributed by atoms with Gasteiger partial charge < -0.3 is 4.90 Å². The molecule has 0 N–H and O–H groups in total. The van der Waals surface area contributed by atoms with Crippen molar-refractivity contribution in [2.75, 3.05) is 13.1 Å². The molecule has 1 aromatic carbocycles. The quantitative estimate of drug-likeness (QED) is 0.846. The molecule has 0 aliphatic carbocycles. The number of hydrogen-bond acceptors (Lipinski definition) is 2. The van der Waals surface area contributed by atoms with Crippen molar-refractivity contribution in [2.24, 2.45) is 0 Å². The summed E-state index contributed by atoms with van der Waals surface area (Å²) in [6, 6.07) is 10.3. The summed E-state index contributed by atoms with van der Waals surface area (Å²) >= 11 is 0. The number of carbonyl (C=O) groups excluding carboxylic acids is 1. The smallest absolute Gasteiger partial charge is 0.254 e. The van der Waals surface area contributed by atoms with Crippen LogP contribution in [0.4, 0.5) is 0 Å². The minimum Gasteiger partial charge on any atom is -0.339 e. The van der Waals surface area contributed by atoms with Crippen molar-refractivity contribution < 1.29 is 4.79 Å². The zero-order valence-electron chi connectivity index (χ0n) is 13.2. The van der Waals surface area contributed by atoms with Crippen LogP contribution < -0.4 is 0 Å². The molecule has 1 aliphatic rings. The van der Waals surface area contributed by atoms with Crippen LogP contribution in [0.1, 0.15) is 45.8 Å². The molecular formula is C19H22N2O. The van der Waals surface area contributed by atoms with Gasteiger partial charge in [-0.1, -0.05) is 17.7 Å². The number of pyridine rings is 1. The summed E-state index contributed by atoms with van der Waals surface area (Å²) in [7, 11) is 0. The molecule has 0 spiro atoms. The molecule has 2 aromatic rings. The van der Waals surface area contributed by atoms with Gasteiger partial charge >= 0.3 is 0 Å². The van der Waals surface area contributed by atoms with Crippen LogP contribution in [0.2, 0.25) is 0 Å². The Hall–Kier alpha value is -2.16. The van der Waals surface area contributed by atoms with Crippen LogP contribution >= 0.6 is 0 Å². The molecule has 0 atom stereocenters. The number of amides is 1. The predicted octanol–water partition coefficient (Wildman–Crippen LogP) is 3.72. The van der Waals surface area contributed by atoms with Gasteiger partial charge in [-0.2, -0.15) is 0 Å². The second kappa shape index (κ2) is 6.30. The highest BCUT2D eigenvalue weighted by Gasteiger charge is 2.25. The Labute approximate surface area is 132 Å². The number of benzene rings is 1. The summed E-state index contributed by atoms with van der Waals surface area (Å²) in [5, 5.41) is 0. The summed E-state index contributed by atoms with van der Waals surface area (Å²) in [4.78, 5) is 18.8. The fourth-order valence-electron chi connectivity index (χ4n) is 3.19. The molecule has 3 rings (SSSR count). The number of piperidine rings is 1. The van der Waals surface area contributed by atoms with E-state index in [1.54, 1.807) is 0 Å². The van der Waals surface area contributed by atoms with Gasteiger partial charge in [0.05, 0.1) is 0 Å². The van der Waals surface area contributed by atoms with E-state index in [0.29, 0.717) is 5.92 Å². The molecule has 114 valence electrons. The molecule has 1 aliphatic heterocycles. The molecular weight excluding hydrogens is 272 g/mol. The van der Waals surface area contributed by atoms with Crippen molar-refractivity contribution >= 4 is 5.91 Å². The van der Waals surface area contributed by atoms with Gasteiger partial charge in [-0.25, -0.2) is 0 Å². The van der Waals surface area contributed by atoms with Crippen LogP contribution in [-0.4, -0.2) is 28.9 Å². The predicted molar refractivity (Wildman–Crippen MR) is 88.0 cm³/mol. The Morgan fingerprint density at radius 3 is 2.45 bits per heavy atom. The molecule has 0 radical (unpaired) electrons. The van der Waals surface area contributed by atoms with E-state index in [2.05, 4.69) is 23.2 Å². The fourth-order valence-corrected chi connectivity index (χ4v) is 3.19. The van der Waals surface area contributed by atoms with E-state index in [9.17, 15) is 4.79 Å². The molecule has 0 bridgehead atoms. The number of rotatable bonds is 2. The number of aromatic nitrogens is 1. The monoisotopic (exact) mass is 294 g/mol. The standard InChI is InChI=1S/C19H22N2O/c1-14-3-4-15(2)18(13-14)19(22)21-11-7-17(8-12-21)16-5-9-20-10-6-16/h3-6,9-10,13,17H,7-8,11-12H2,1-2H3. The molecule has 1 fully saturated rings. The van der Waals surface area contributed by atoms with E-state index in [0.717, 1.165) is 42.6 Å². The van der Waals surface area contributed by atoms with E-state index < -0.39 is 0 Å². The maximum Gasteiger partial charge on any atom is 0.254 e. The van der Waals surface area contributed by atoms with Crippen LogP contribution in [0.25, 0.3) is 0 Å². The molecule has 22 heavy (non-hydrogen) atoms. The number of likely N-dealkylation sites (tertiary alicyclic amines) is 1. The van der Waals surface area contributed by atoms with E-state index >= 15 is 0 Å². The molecule has 3 nitrogen and oxygen atoms in total. The third-order valence-electron chi connectivity index (χ3n) is 4.58. The molecule has 0 unspecified atom stereocenters. The molecule has 1 saturated heterocycles. The zero-order chi connectivity index (χ0) is 15.5.